The SMILES string of the molecule is CCCC(C)(Oc1ccccc1OC)C(=O)O. The smallest absolute Gasteiger partial charge is 0.347 e. The number of ether oxygens (including phenoxy) is 2. The van der Waals surface area contributed by atoms with Crippen molar-refractivity contribution in [1.82, 2.24) is 0 Å². The van der Waals surface area contributed by atoms with Gasteiger partial charge in [0.1, 0.15) is 0 Å². The fourth-order valence-corrected chi connectivity index (χ4v) is 1.62. The van der Waals surface area contributed by atoms with Crippen molar-refractivity contribution in [3.05, 3.63) is 24.3 Å². The van der Waals surface area contributed by atoms with Gasteiger partial charge in [-0.3, -0.25) is 0 Å². The Balaban J connectivity index is 2.97. The number of benzene rings is 1. The van der Waals surface area contributed by atoms with E-state index in [2.05, 4.69) is 0 Å². The van der Waals surface area contributed by atoms with Crippen LogP contribution < -0.4 is 9.47 Å². The van der Waals surface area contributed by atoms with Crippen LogP contribution in [0.5, 0.6) is 11.5 Å². The summed E-state index contributed by atoms with van der Waals surface area (Å²) in [5, 5.41) is 9.22. The molecule has 0 aromatic heterocycles. The van der Waals surface area contributed by atoms with Crippen molar-refractivity contribution in [3.8, 4) is 11.5 Å². The Kier molecular flexibility index (Phi) is 4.37. The highest BCUT2D eigenvalue weighted by Gasteiger charge is 2.35. The molecule has 0 radical (unpaired) electrons. The average Bonchev–Trinajstić information content (AvgIpc) is 2.30. The van der Waals surface area contributed by atoms with E-state index in [1.807, 2.05) is 13.0 Å². The number of hydrogen-bond acceptors (Lipinski definition) is 3. The van der Waals surface area contributed by atoms with Crippen molar-refractivity contribution in [2.24, 2.45) is 0 Å². The molecule has 0 aliphatic carbocycles. The summed E-state index contributed by atoms with van der Waals surface area (Å²) in [7, 11) is 1.53. The molecule has 1 rings (SSSR count). The first-order chi connectivity index (χ1) is 8.03. The molecule has 0 fully saturated rings. The van der Waals surface area contributed by atoms with Crippen molar-refractivity contribution in [2.75, 3.05) is 7.11 Å². The summed E-state index contributed by atoms with van der Waals surface area (Å²) in [4.78, 5) is 11.2. The number of carboxylic acid groups (broad SMARTS) is 1. The van der Waals surface area contributed by atoms with E-state index in [-0.39, 0.29) is 0 Å². The van der Waals surface area contributed by atoms with Gasteiger partial charge in [0.05, 0.1) is 7.11 Å². The molecule has 17 heavy (non-hydrogen) atoms. The largest absolute Gasteiger partial charge is 0.493 e. The van der Waals surface area contributed by atoms with E-state index in [1.165, 1.54) is 7.11 Å². The first-order valence-electron chi connectivity index (χ1n) is 5.59. The molecule has 1 N–H and O–H groups in total. The lowest BCUT2D eigenvalue weighted by Crippen LogP contribution is -2.41. The van der Waals surface area contributed by atoms with Gasteiger partial charge in [-0.2, -0.15) is 0 Å². The second-order valence-corrected chi connectivity index (χ2v) is 4.04. The number of methoxy groups -OCH3 is 1. The summed E-state index contributed by atoms with van der Waals surface area (Å²) in [5.41, 5.74) is -1.22. The molecule has 0 saturated heterocycles. The van der Waals surface area contributed by atoms with E-state index in [9.17, 15) is 9.90 Å². The lowest BCUT2D eigenvalue weighted by Gasteiger charge is -2.26. The second-order valence-electron chi connectivity index (χ2n) is 4.04. The van der Waals surface area contributed by atoms with Gasteiger partial charge in [-0.15, -0.1) is 0 Å². The van der Waals surface area contributed by atoms with Crippen LogP contribution in [0.25, 0.3) is 0 Å². The van der Waals surface area contributed by atoms with Crippen LogP contribution in [-0.4, -0.2) is 23.8 Å². The van der Waals surface area contributed by atoms with E-state index in [0.29, 0.717) is 17.9 Å². The third-order valence-electron chi connectivity index (χ3n) is 2.58. The molecule has 0 aliphatic heterocycles. The Morgan fingerprint density at radius 1 is 1.35 bits per heavy atom. The van der Waals surface area contributed by atoms with Crippen molar-refractivity contribution < 1.29 is 19.4 Å². The number of carbonyl (C=O) groups is 1. The zero-order valence-corrected chi connectivity index (χ0v) is 10.4. The third-order valence-corrected chi connectivity index (χ3v) is 2.58. The van der Waals surface area contributed by atoms with Crippen LogP contribution in [0.4, 0.5) is 0 Å². The van der Waals surface area contributed by atoms with E-state index < -0.39 is 11.6 Å². The van der Waals surface area contributed by atoms with Crippen LogP contribution in [0.15, 0.2) is 24.3 Å². The van der Waals surface area contributed by atoms with E-state index in [0.717, 1.165) is 6.42 Å². The number of carboxylic acids is 1. The molecule has 0 aliphatic rings. The maximum Gasteiger partial charge on any atom is 0.347 e. The maximum absolute atomic E-state index is 11.2. The molecule has 1 unspecified atom stereocenters. The van der Waals surface area contributed by atoms with Gasteiger partial charge >= 0.3 is 5.97 Å². The highest BCUT2D eigenvalue weighted by Crippen LogP contribution is 2.31. The van der Waals surface area contributed by atoms with Gasteiger partial charge in [0.2, 0.25) is 5.60 Å². The predicted octanol–water partition coefficient (Wildman–Crippen LogP) is 2.72. The quantitative estimate of drug-likeness (QED) is 0.827. The molecule has 0 saturated carbocycles. The minimum absolute atomic E-state index is 0.445. The molecule has 0 heterocycles. The molecule has 0 amide bonds. The van der Waals surface area contributed by atoms with E-state index >= 15 is 0 Å². The standard InChI is InChI=1S/C13H18O4/c1-4-9-13(2,12(14)15)17-11-8-6-5-7-10(11)16-3/h5-8H,4,9H2,1-3H3,(H,14,15). The molecule has 4 heteroatoms. The number of hydrogen-bond donors (Lipinski definition) is 1. The van der Waals surface area contributed by atoms with Crippen molar-refractivity contribution >= 4 is 5.97 Å². The minimum atomic E-state index is -1.22. The van der Waals surface area contributed by atoms with Crippen LogP contribution in [-0.2, 0) is 4.79 Å². The van der Waals surface area contributed by atoms with Gasteiger partial charge in [0.25, 0.3) is 0 Å². The molecule has 0 spiro atoms. The van der Waals surface area contributed by atoms with Gasteiger partial charge < -0.3 is 14.6 Å². The van der Waals surface area contributed by atoms with Gasteiger partial charge in [-0.25, -0.2) is 4.79 Å². The van der Waals surface area contributed by atoms with Crippen molar-refractivity contribution in [3.63, 3.8) is 0 Å². The van der Waals surface area contributed by atoms with Crippen LogP contribution in [0.3, 0.4) is 0 Å². The average molecular weight is 238 g/mol. The van der Waals surface area contributed by atoms with Gasteiger partial charge in [0, 0.05) is 0 Å². The molecule has 94 valence electrons. The van der Waals surface area contributed by atoms with Crippen molar-refractivity contribution in [2.45, 2.75) is 32.3 Å². The Hall–Kier alpha value is -1.71. The Morgan fingerprint density at radius 3 is 2.41 bits per heavy atom. The zero-order valence-electron chi connectivity index (χ0n) is 10.4. The van der Waals surface area contributed by atoms with Gasteiger partial charge in [-0.05, 0) is 25.5 Å². The van der Waals surface area contributed by atoms with Crippen LogP contribution in [0, 0.1) is 0 Å². The number of para-hydroxylation sites is 2. The van der Waals surface area contributed by atoms with Gasteiger partial charge in [0.15, 0.2) is 11.5 Å². The van der Waals surface area contributed by atoms with E-state index in [1.54, 1.807) is 25.1 Å². The molecular weight excluding hydrogens is 220 g/mol. The molecule has 4 nitrogen and oxygen atoms in total. The highest BCUT2D eigenvalue weighted by atomic mass is 16.5. The summed E-state index contributed by atoms with van der Waals surface area (Å²) >= 11 is 0. The van der Waals surface area contributed by atoms with E-state index in [4.69, 9.17) is 9.47 Å². The van der Waals surface area contributed by atoms with Gasteiger partial charge in [-0.1, -0.05) is 25.5 Å². The normalized spacial score (nSPS) is 13.8. The topological polar surface area (TPSA) is 55.8 Å². The fourth-order valence-electron chi connectivity index (χ4n) is 1.62. The second kappa shape index (κ2) is 5.57. The lowest BCUT2D eigenvalue weighted by molar-refractivity contribution is -0.154. The molecule has 1 aromatic rings. The summed E-state index contributed by atoms with van der Waals surface area (Å²) in [5.74, 6) is 0.0229. The first kappa shape index (κ1) is 13.4. The highest BCUT2D eigenvalue weighted by molar-refractivity contribution is 5.77. The maximum atomic E-state index is 11.2. The summed E-state index contributed by atoms with van der Waals surface area (Å²) in [6.07, 6.45) is 1.18. The van der Waals surface area contributed by atoms with Crippen LogP contribution in [0.1, 0.15) is 26.7 Å². The van der Waals surface area contributed by atoms with Crippen LogP contribution in [0.2, 0.25) is 0 Å². The first-order valence-corrected chi connectivity index (χ1v) is 5.59. The summed E-state index contributed by atoms with van der Waals surface area (Å²) < 4.78 is 10.7. The lowest BCUT2D eigenvalue weighted by atomic mass is 10.0. The molecule has 1 atom stereocenters. The summed E-state index contributed by atoms with van der Waals surface area (Å²) in [6, 6.07) is 7.04. The number of rotatable bonds is 6. The van der Waals surface area contributed by atoms with Crippen molar-refractivity contribution in [1.29, 1.82) is 0 Å². The Bertz CT molecular complexity index is 389. The Morgan fingerprint density at radius 2 is 1.94 bits per heavy atom. The zero-order chi connectivity index (χ0) is 12.9. The third kappa shape index (κ3) is 3.12. The summed E-state index contributed by atoms with van der Waals surface area (Å²) in [6.45, 7) is 3.50. The fraction of sp³-hybridized carbons (Fsp3) is 0.462. The minimum Gasteiger partial charge on any atom is -0.493 e. The predicted molar refractivity (Wildman–Crippen MR) is 64.6 cm³/mol. The Labute approximate surface area is 101 Å². The monoisotopic (exact) mass is 238 g/mol. The van der Waals surface area contributed by atoms with Crippen LogP contribution >= 0.6 is 0 Å². The molecule has 0 bridgehead atoms. The molecule has 1 aromatic carbocycles. The molecular formula is C13H18O4. The number of aliphatic carboxylic acids is 1.